The molecule has 1 unspecified atom stereocenters. The molecule has 0 aromatic heterocycles. The Morgan fingerprint density at radius 2 is 1.92 bits per heavy atom. The zero-order valence-electron chi connectivity index (χ0n) is 14.9. The lowest BCUT2D eigenvalue weighted by atomic mass is 9.95. The highest BCUT2D eigenvalue weighted by molar-refractivity contribution is 5.76. The van der Waals surface area contributed by atoms with Gasteiger partial charge in [0.2, 0.25) is 5.91 Å². The van der Waals surface area contributed by atoms with Crippen LogP contribution in [-0.2, 0) is 16.1 Å². The number of β-amino-alcohol motifs (C(OH)–C–C–N with tert-alkyl or cyclic N) is 1. The number of ether oxygens (including phenoxy) is 3. The lowest BCUT2D eigenvalue weighted by molar-refractivity contribution is -0.135. The summed E-state index contributed by atoms with van der Waals surface area (Å²) in [6, 6.07) is 3.67. The Balaban J connectivity index is 1.67. The number of amides is 1. The predicted octanol–water partition coefficient (Wildman–Crippen LogP) is 0.802. The normalized spacial score (nSPS) is 20.9. The largest absolute Gasteiger partial charge is 0.496 e. The second kappa shape index (κ2) is 8.03. The highest BCUT2D eigenvalue weighted by Crippen LogP contribution is 2.39. The minimum absolute atomic E-state index is 0.140. The number of methoxy groups -OCH3 is 2. The minimum Gasteiger partial charge on any atom is -0.496 e. The standard InChI is InChI=1S/C18H26N2O5/c1-23-15-3-4-16(24-2)18-13(15)11-19(12-14(18)21)6-5-17(22)20-7-9-25-10-8-20/h3-4,14,21H,5-12H2,1-2H3. The number of aliphatic hydroxyl groups is 1. The summed E-state index contributed by atoms with van der Waals surface area (Å²) < 4.78 is 16.1. The summed E-state index contributed by atoms with van der Waals surface area (Å²) in [5.41, 5.74) is 1.72. The van der Waals surface area contributed by atoms with Gasteiger partial charge < -0.3 is 24.2 Å². The second-order valence-corrected chi connectivity index (χ2v) is 6.36. The number of fused-ring (bicyclic) bond motifs is 1. The van der Waals surface area contributed by atoms with Crippen molar-refractivity contribution in [2.75, 3.05) is 53.6 Å². The summed E-state index contributed by atoms with van der Waals surface area (Å²) in [6.45, 7) is 4.25. The van der Waals surface area contributed by atoms with E-state index in [-0.39, 0.29) is 5.91 Å². The predicted molar refractivity (Wildman–Crippen MR) is 91.8 cm³/mol. The lowest BCUT2D eigenvalue weighted by Crippen LogP contribution is -2.42. The molecule has 7 heteroatoms. The third-order valence-corrected chi connectivity index (χ3v) is 4.87. The molecular weight excluding hydrogens is 324 g/mol. The van der Waals surface area contributed by atoms with E-state index in [0.717, 1.165) is 16.9 Å². The van der Waals surface area contributed by atoms with Gasteiger partial charge in [0.1, 0.15) is 11.5 Å². The number of aliphatic hydroxyl groups excluding tert-OH is 1. The van der Waals surface area contributed by atoms with Gasteiger partial charge in [-0.05, 0) is 12.1 Å². The molecule has 0 bridgehead atoms. The molecule has 0 radical (unpaired) electrons. The van der Waals surface area contributed by atoms with Gasteiger partial charge in [-0.15, -0.1) is 0 Å². The molecule has 1 aromatic carbocycles. The fourth-order valence-corrected chi connectivity index (χ4v) is 3.54. The van der Waals surface area contributed by atoms with E-state index in [1.54, 1.807) is 14.2 Å². The molecule has 7 nitrogen and oxygen atoms in total. The first kappa shape index (κ1) is 18.0. The Morgan fingerprint density at radius 3 is 2.60 bits per heavy atom. The van der Waals surface area contributed by atoms with Crippen molar-refractivity contribution in [1.82, 2.24) is 9.80 Å². The molecular formula is C18H26N2O5. The van der Waals surface area contributed by atoms with Crippen LogP contribution in [0.4, 0.5) is 0 Å². The van der Waals surface area contributed by atoms with Crippen molar-refractivity contribution in [3.05, 3.63) is 23.3 Å². The zero-order chi connectivity index (χ0) is 17.8. The monoisotopic (exact) mass is 350 g/mol. The number of benzene rings is 1. The van der Waals surface area contributed by atoms with Crippen LogP contribution in [0.1, 0.15) is 23.7 Å². The first-order valence-corrected chi connectivity index (χ1v) is 8.63. The van der Waals surface area contributed by atoms with Gasteiger partial charge in [0.05, 0.1) is 33.5 Å². The molecule has 2 heterocycles. The minimum atomic E-state index is -0.660. The summed E-state index contributed by atoms with van der Waals surface area (Å²) in [7, 11) is 3.22. The van der Waals surface area contributed by atoms with E-state index in [1.165, 1.54) is 0 Å². The molecule has 1 saturated heterocycles. The molecule has 138 valence electrons. The summed E-state index contributed by atoms with van der Waals surface area (Å²) in [5, 5.41) is 10.6. The number of nitrogens with zero attached hydrogens (tertiary/aromatic N) is 2. The van der Waals surface area contributed by atoms with Gasteiger partial charge in [0.25, 0.3) is 0 Å². The van der Waals surface area contributed by atoms with Gasteiger partial charge in [0, 0.05) is 50.3 Å². The second-order valence-electron chi connectivity index (χ2n) is 6.36. The van der Waals surface area contributed by atoms with Crippen molar-refractivity contribution in [3.8, 4) is 11.5 Å². The zero-order valence-corrected chi connectivity index (χ0v) is 14.9. The Kier molecular flexibility index (Phi) is 5.78. The molecule has 0 saturated carbocycles. The van der Waals surface area contributed by atoms with Gasteiger partial charge in [0.15, 0.2) is 0 Å². The maximum Gasteiger partial charge on any atom is 0.224 e. The third-order valence-electron chi connectivity index (χ3n) is 4.87. The summed E-state index contributed by atoms with van der Waals surface area (Å²) in [4.78, 5) is 16.3. The average Bonchev–Trinajstić information content (AvgIpc) is 2.65. The van der Waals surface area contributed by atoms with Crippen LogP contribution in [0, 0.1) is 0 Å². The molecule has 0 aliphatic carbocycles. The molecule has 2 aliphatic rings. The van der Waals surface area contributed by atoms with Crippen LogP contribution in [-0.4, -0.2) is 74.4 Å². The Bertz CT molecular complexity index is 616. The molecule has 25 heavy (non-hydrogen) atoms. The molecule has 2 aliphatic heterocycles. The highest BCUT2D eigenvalue weighted by Gasteiger charge is 2.30. The van der Waals surface area contributed by atoms with Crippen LogP contribution in [0.15, 0.2) is 12.1 Å². The van der Waals surface area contributed by atoms with Gasteiger partial charge in [-0.25, -0.2) is 0 Å². The van der Waals surface area contributed by atoms with Crippen molar-refractivity contribution in [1.29, 1.82) is 0 Å². The van der Waals surface area contributed by atoms with Crippen molar-refractivity contribution in [2.45, 2.75) is 19.1 Å². The summed E-state index contributed by atoms with van der Waals surface area (Å²) in [6.07, 6.45) is -0.221. The van der Waals surface area contributed by atoms with Crippen molar-refractivity contribution in [2.24, 2.45) is 0 Å². The first-order valence-electron chi connectivity index (χ1n) is 8.63. The number of hydrogen-bond acceptors (Lipinski definition) is 6. The number of morpholine rings is 1. The van der Waals surface area contributed by atoms with Crippen molar-refractivity contribution < 1.29 is 24.1 Å². The van der Waals surface area contributed by atoms with E-state index in [2.05, 4.69) is 4.90 Å². The van der Waals surface area contributed by atoms with Gasteiger partial charge in [-0.2, -0.15) is 0 Å². The van der Waals surface area contributed by atoms with E-state index in [4.69, 9.17) is 14.2 Å². The van der Waals surface area contributed by atoms with Crippen LogP contribution in [0.2, 0.25) is 0 Å². The van der Waals surface area contributed by atoms with Crippen LogP contribution >= 0.6 is 0 Å². The van der Waals surface area contributed by atoms with Crippen LogP contribution in [0.3, 0.4) is 0 Å². The topological polar surface area (TPSA) is 71.5 Å². The maximum absolute atomic E-state index is 12.3. The van der Waals surface area contributed by atoms with E-state index in [1.807, 2.05) is 17.0 Å². The molecule has 1 fully saturated rings. The van der Waals surface area contributed by atoms with Crippen molar-refractivity contribution >= 4 is 5.91 Å². The first-order chi connectivity index (χ1) is 12.1. The van der Waals surface area contributed by atoms with Crippen LogP contribution < -0.4 is 9.47 Å². The quantitative estimate of drug-likeness (QED) is 0.847. The molecule has 1 N–H and O–H groups in total. The maximum atomic E-state index is 12.3. The Morgan fingerprint density at radius 1 is 1.24 bits per heavy atom. The lowest BCUT2D eigenvalue weighted by Gasteiger charge is -2.34. The van der Waals surface area contributed by atoms with E-state index in [0.29, 0.717) is 58.1 Å². The summed E-state index contributed by atoms with van der Waals surface area (Å²) in [5.74, 6) is 1.55. The van der Waals surface area contributed by atoms with Gasteiger partial charge >= 0.3 is 0 Å². The smallest absolute Gasteiger partial charge is 0.224 e. The van der Waals surface area contributed by atoms with Gasteiger partial charge in [-0.1, -0.05) is 0 Å². The molecule has 1 atom stereocenters. The molecule has 1 amide bonds. The molecule has 0 spiro atoms. The fraction of sp³-hybridized carbons (Fsp3) is 0.611. The van der Waals surface area contributed by atoms with Gasteiger partial charge in [-0.3, -0.25) is 9.69 Å². The highest BCUT2D eigenvalue weighted by atomic mass is 16.5. The molecule has 1 aromatic rings. The van der Waals surface area contributed by atoms with E-state index in [9.17, 15) is 9.90 Å². The van der Waals surface area contributed by atoms with Crippen LogP contribution in [0.5, 0.6) is 11.5 Å². The third kappa shape index (κ3) is 3.89. The Labute approximate surface area is 148 Å². The SMILES string of the molecule is COc1ccc(OC)c2c1CN(CCC(=O)N1CCOCC1)CC2O. The number of rotatable bonds is 5. The van der Waals surface area contributed by atoms with E-state index < -0.39 is 6.10 Å². The number of carbonyl (C=O) groups excluding carboxylic acids is 1. The number of carbonyl (C=O) groups is 1. The molecule has 3 rings (SSSR count). The Hall–Kier alpha value is -1.83. The van der Waals surface area contributed by atoms with E-state index >= 15 is 0 Å². The van der Waals surface area contributed by atoms with Crippen molar-refractivity contribution in [3.63, 3.8) is 0 Å². The fourth-order valence-electron chi connectivity index (χ4n) is 3.54. The number of hydrogen-bond donors (Lipinski definition) is 1. The average molecular weight is 350 g/mol. The van der Waals surface area contributed by atoms with Crippen LogP contribution in [0.25, 0.3) is 0 Å². The summed E-state index contributed by atoms with van der Waals surface area (Å²) >= 11 is 0.